The summed E-state index contributed by atoms with van der Waals surface area (Å²) < 4.78 is 27.9. The fourth-order valence-electron chi connectivity index (χ4n) is 4.33. The summed E-state index contributed by atoms with van der Waals surface area (Å²) >= 11 is 0. The predicted octanol–water partition coefficient (Wildman–Crippen LogP) is 5.37. The van der Waals surface area contributed by atoms with E-state index in [1.54, 1.807) is 19.2 Å². The van der Waals surface area contributed by atoms with Gasteiger partial charge in [-0.05, 0) is 42.3 Å². The van der Waals surface area contributed by atoms with E-state index in [2.05, 4.69) is 13.0 Å². The lowest BCUT2D eigenvalue weighted by molar-refractivity contribution is -0.384. The lowest BCUT2D eigenvalue weighted by Gasteiger charge is -2.27. The van der Waals surface area contributed by atoms with Crippen LogP contribution in [0.5, 0.6) is 28.7 Å². The van der Waals surface area contributed by atoms with Gasteiger partial charge in [-0.25, -0.2) is 4.79 Å². The van der Waals surface area contributed by atoms with E-state index in [0.717, 1.165) is 24.8 Å². The number of allylic oxidation sites excluding steroid dienone is 1. The van der Waals surface area contributed by atoms with Crippen LogP contribution in [-0.2, 0) is 4.79 Å². The predicted molar refractivity (Wildman–Crippen MR) is 148 cm³/mol. The molecule has 1 aliphatic heterocycles. The molecule has 1 aliphatic rings. The van der Waals surface area contributed by atoms with Crippen LogP contribution in [-0.4, -0.2) is 31.2 Å². The van der Waals surface area contributed by atoms with Gasteiger partial charge in [-0.1, -0.05) is 31.9 Å². The van der Waals surface area contributed by atoms with Crippen LogP contribution in [0.4, 0.5) is 5.69 Å². The van der Waals surface area contributed by atoms with E-state index >= 15 is 0 Å². The number of benzene rings is 3. The van der Waals surface area contributed by atoms with E-state index in [0.29, 0.717) is 29.4 Å². The number of carbonyl (C=O) groups excluding carboxylic acids is 1. The summed E-state index contributed by atoms with van der Waals surface area (Å²) in [6.07, 6.45) is 3.09. The van der Waals surface area contributed by atoms with E-state index in [4.69, 9.17) is 29.4 Å². The lowest BCUT2D eigenvalue weighted by Crippen LogP contribution is -2.22. The molecular formula is C30H29N3O8. The van der Waals surface area contributed by atoms with Gasteiger partial charge in [-0.2, -0.15) is 5.26 Å². The van der Waals surface area contributed by atoms with Gasteiger partial charge in [0.2, 0.25) is 5.88 Å². The molecule has 0 bridgehead atoms. The molecule has 1 atom stereocenters. The van der Waals surface area contributed by atoms with Crippen LogP contribution in [0.3, 0.4) is 0 Å². The number of carbonyl (C=O) groups is 1. The number of esters is 1. The summed E-state index contributed by atoms with van der Waals surface area (Å²) in [5.74, 6) is 0.606. The summed E-state index contributed by atoms with van der Waals surface area (Å²) in [4.78, 5) is 22.6. The van der Waals surface area contributed by atoms with Gasteiger partial charge in [0.1, 0.15) is 28.9 Å². The maximum absolute atomic E-state index is 12.4. The summed E-state index contributed by atoms with van der Waals surface area (Å²) in [7, 11) is 1.55. The third kappa shape index (κ3) is 6.86. The zero-order valence-electron chi connectivity index (χ0n) is 22.6. The molecule has 3 aromatic carbocycles. The van der Waals surface area contributed by atoms with Crippen molar-refractivity contribution in [3.63, 3.8) is 0 Å². The van der Waals surface area contributed by atoms with Gasteiger partial charge < -0.3 is 29.4 Å². The van der Waals surface area contributed by atoms with E-state index in [9.17, 15) is 20.2 Å². The minimum absolute atomic E-state index is 0.0613. The third-order valence-corrected chi connectivity index (χ3v) is 6.35. The van der Waals surface area contributed by atoms with Crippen molar-refractivity contribution in [2.24, 2.45) is 5.73 Å². The number of hydrogen-bond donors (Lipinski definition) is 1. The Balaban J connectivity index is 1.51. The van der Waals surface area contributed by atoms with Gasteiger partial charge in [0, 0.05) is 23.8 Å². The average molecular weight is 560 g/mol. The zero-order valence-corrected chi connectivity index (χ0v) is 22.6. The first-order valence-corrected chi connectivity index (χ1v) is 12.9. The van der Waals surface area contributed by atoms with Crippen LogP contribution >= 0.6 is 0 Å². The second-order valence-electron chi connectivity index (χ2n) is 9.10. The number of nitrogens with zero attached hydrogens (tertiary/aromatic N) is 2. The Morgan fingerprint density at radius 2 is 1.80 bits per heavy atom. The normalized spacial score (nSPS) is 13.8. The Bertz CT molecular complexity index is 1490. The van der Waals surface area contributed by atoms with Crippen LogP contribution < -0.4 is 29.4 Å². The highest BCUT2D eigenvalue weighted by Gasteiger charge is 2.32. The van der Waals surface area contributed by atoms with E-state index < -0.39 is 23.4 Å². The largest absolute Gasteiger partial charge is 0.493 e. The van der Waals surface area contributed by atoms with E-state index in [-0.39, 0.29) is 28.6 Å². The first-order chi connectivity index (χ1) is 19.8. The Kier molecular flexibility index (Phi) is 9.27. The third-order valence-electron chi connectivity index (χ3n) is 6.35. The Morgan fingerprint density at radius 3 is 2.49 bits per heavy atom. The number of methoxy groups -OCH3 is 1. The van der Waals surface area contributed by atoms with Crippen LogP contribution in [0.2, 0.25) is 0 Å². The molecule has 4 rings (SSSR count). The number of nitro benzene ring substituents is 1. The minimum atomic E-state index is -0.698. The van der Waals surface area contributed by atoms with Gasteiger partial charge in [0.15, 0.2) is 18.1 Å². The summed E-state index contributed by atoms with van der Waals surface area (Å²) in [5, 5.41) is 20.7. The van der Waals surface area contributed by atoms with E-state index in [1.807, 2.05) is 18.2 Å². The molecule has 41 heavy (non-hydrogen) atoms. The first-order valence-electron chi connectivity index (χ1n) is 12.9. The zero-order chi connectivity index (χ0) is 29.4. The number of nitro groups is 1. The molecule has 1 unspecified atom stereocenters. The molecule has 0 spiro atoms. The molecule has 11 nitrogen and oxygen atoms in total. The van der Waals surface area contributed by atoms with Crippen LogP contribution in [0.15, 0.2) is 72.1 Å². The van der Waals surface area contributed by atoms with Crippen LogP contribution in [0.1, 0.15) is 43.2 Å². The van der Waals surface area contributed by atoms with Gasteiger partial charge in [0.05, 0.1) is 24.6 Å². The van der Waals surface area contributed by atoms with Gasteiger partial charge in [0.25, 0.3) is 5.69 Å². The van der Waals surface area contributed by atoms with Crippen molar-refractivity contribution in [3.05, 3.63) is 93.4 Å². The number of nitrogens with two attached hydrogens (primary N) is 1. The molecule has 0 aliphatic carbocycles. The molecule has 0 radical (unpaired) electrons. The van der Waals surface area contributed by atoms with Crippen molar-refractivity contribution in [1.29, 1.82) is 5.26 Å². The van der Waals surface area contributed by atoms with Crippen LogP contribution in [0, 0.1) is 21.4 Å². The molecule has 1 heterocycles. The number of non-ortho nitro benzene ring substituents is 1. The van der Waals surface area contributed by atoms with Crippen molar-refractivity contribution in [3.8, 4) is 34.8 Å². The fraction of sp³-hybridized carbons (Fsp3) is 0.267. The highest BCUT2D eigenvalue weighted by atomic mass is 16.6. The molecule has 0 amide bonds. The van der Waals surface area contributed by atoms with Crippen molar-refractivity contribution in [2.75, 3.05) is 20.3 Å². The summed E-state index contributed by atoms with van der Waals surface area (Å²) in [5.41, 5.74) is 7.66. The summed E-state index contributed by atoms with van der Waals surface area (Å²) in [6, 6.07) is 17.7. The SMILES string of the molecule is CCCCCOc1ccc(C2C(C#N)=C(N)Oc3cc(OC(=O)COc4ccc([N+](=O)[O-])cc4)ccc32)cc1OC. The molecule has 0 saturated heterocycles. The Hall–Kier alpha value is -5.24. The quantitative estimate of drug-likeness (QED) is 0.101. The standard InChI is InChI=1S/C30H29N3O8/c1-3-4-5-14-38-25-13-6-19(15-27(25)37-2)29-23-12-11-22(16-26(23)41-30(32)24(29)17-31)40-28(34)18-39-21-9-7-20(8-10-21)33(35)36/h6-13,15-16,29H,3-5,14,18,32H2,1-2H3. The minimum Gasteiger partial charge on any atom is -0.493 e. The average Bonchev–Trinajstić information content (AvgIpc) is 2.97. The number of ether oxygens (including phenoxy) is 5. The number of unbranched alkanes of at least 4 members (excludes halogenated alkanes) is 2. The monoisotopic (exact) mass is 559 g/mol. The van der Waals surface area contributed by atoms with Crippen molar-refractivity contribution < 1.29 is 33.4 Å². The first kappa shape index (κ1) is 28.8. The van der Waals surface area contributed by atoms with Crippen molar-refractivity contribution in [1.82, 2.24) is 0 Å². The molecular weight excluding hydrogens is 530 g/mol. The second kappa shape index (κ2) is 13.2. The molecule has 212 valence electrons. The van der Waals surface area contributed by atoms with E-state index in [1.165, 1.54) is 30.3 Å². The maximum atomic E-state index is 12.4. The number of rotatable bonds is 12. The number of nitriles is 1. The number of hydrogen-bond acceptors (Lipinski definition) is 10. The van der Waals surface area contributed by atoms with Gasteiger partial charge in [-0.15, -0.1) is 0 Å². The molecule has 0 saturated carbocycles. The van der Waals surface area contributed by atoms with Crippen molar-refractivity contribution >= 4 is 11.7 Å². The Morgan fingerprint density at radius 1 is 1.05 bits per heavy atom. The summed E-state index contributed by atoms with van der Waals surface area (Å²) in [6.45, 7) is 2.27. The molecule has 0 fully saturated rings. The van der Waals surface area contributed by atoms with Gasteiger partial charge in [-0.3, -0.25) is 10.1 Å². The fourth-order valence-corrected chi connectivity index (χ4v) is 4.33. The molecule has 3 aromatic rings. The topological polar surface area (TPSA) is 156 Å². The van der Waals surface area contributed by atoms with Crippen molar-refractivity contribution in [2.45, 2.75) is 32.1 Å². The number of fused-ring (bicyclic) bond motifs is 1. The Labute approximate surface area is 236 Å². The molecule has 11 heteroatoms. The smallest absolute Gasteiger partial charge is 0.349 e. The van der Waals surface area contributed by atoms with Crippen LogP contribution in [0.25, 0.3) is 0 Å². The second-order valence-corrected chi connectivity index (χ2v) is 9.10. The maximum Gasteiger partial charge on any atom is 0.349 e. The lowest BCUT2D eigenvalue weighted by atomic mass is 9.83. The highest BCUT2D eigenvalue weighted by Crippen LogP contribution is 2.45. The van der Waals surface area contributed by atoms with Gasteiger partial charge >= 0.3 is 5.97 Å². The molecule has 0 aromatic heterocycles. The molecule has 2 N–H and O–H groups in total. The highest BCUT2D eigenvalue weighted by molar-refractivity contribution is 5.74.